The number of azo groups is 1. The number of aromatic nitrogens is 2. The van der Waals surface area contributed by atoms with Gasteiger partial charge < -0.3 is 10.2 Å². The average Bonchev–Trinajstić information content (AvgIpc) is 2.89. The SMILES string of the molecule is O=C(O)Cc1nc2ccccn2c1N=Nc1ccc(C(=O)O)cc1. The minimum absolute atomic E-state index is 0.148. The van der Waals surface area contributed by atoms with E-state index in [0.29, 0.717) is 22.8 Å². The highest BCUT2D eigenvalue weighted by Gasteiger charge is 2.14. The molecule has 0 saturated heterocycles. The molecule has 0 fully saturated rings. The van der Waals surface area contributed by atoms with Gasteiger partial charge in [-0.25, -0.2) is 9.78 Å². The highest BCUT2D eigenvalue weighted by Crippen LogP contribution is 2.24. The first kappa shape index (κ1) is 15.3. The van der Waals surface area contributed by atoms with Gasteiger partial charge in [0.2, 0.25) is 0 Å². The van der Waals surface area contributed by atoms with E-state index in [1.807, 2.05) is 0 Å². The number of pyridine rings is 1. The summed E-state index contributed by atoms with van der Waals surface area (Å²) in [5.41, 5.74) is 1.48. The van der Waals surface area contributed by atoms with Crippen LogP contribution < -0.4 is 0 Å². The summed E-state index contributed by atoms with van der Waals surface area (Å²) in [5, 5.41) is 26.0. The summed E-state index contributed by atoms with van der Waals surface area (Å²) in [7, 11) is 0. The topological polar surface area (TPSA) is 117 Å². The Morgan fingerprint density at radius 3 is 2.46 bits per heavy atom. The summed E-state index contributed by atoms with van der Waals surface area (Å²) in [6.07, 6.45) is 1.45. The third-order valence-electron chi connectivity index (χ3n) is 3.27. The molecule has 0 aliphatic carbocycles. The van der Waals surface area contributed by atoms with Crippen molar-refractivity contribution in [3.05, 3.63) is 59.9 Å². The molecule has 2 N–H and O–H groups in total. The van der Waals surface area contributed by atoms with Crippen molar-refractivity contribution >= 4 is 29.1 Å². The number of hydrogen-bond donors (Lipinski definition) is 2. The predicted molar refractivity (Wildman–Crippen MR) is 84.1 cm³/mol. The summed E-state index contributed by atoms with van der Waals surface area (Å²) in [6.45, 7) is 0. The molecule has 0 amide bonds. The van der Waals surface area contributed by atoms with Crippen LogP contribution in [0.3, 0.4) is 0 Å². The van der Waals surface area contributed by atoms with Gasteiger partial charge in [0.05, 0.1) is 23.4 Å². The van der Waals surface area contributed by atoms with Gasteiger partial charge in [0.25, 0.3) is 0 Å². The molecule has 0 aliphatic rings. The molecule has 24 heavy (non-hydrogen) atoms. The summed E-state index contributed by atoms with van der Waals surface area (Å²) in [6, 6.07) is 11.2. The Labute approximate surface area is 135 Å². The third-order valence-corrected chi connectivity index (χ3v) is 3.27. The Bertz CT molecular complexity index is 944. The molecule has 120 valence electrons. The molecular weight excluding hydrogens is 312 g/mol. The molecule has 0 saturated carbocycles. The minimum atomic E-state index is -1.02. The van der Waals surface area contributed by atoms with Crippen molar-refractivity contribution in [3.8, 4) is 0 Å². The number of fused-ring (bicyclic) bond motifs is 1. The van der Waals surface area contributed by atoms with E-state index in [4.69, 9.17) is 10.2 Å². The van der Waals surface area contributed by atoms with E-state index in [2.05, 4.69) is 15.2 Å². The Morgan fingerprint density at radius 2 is 1.79 bits per heavy atom. The largest absolute Gasteiger partial charge is 0.481 e. The molecule has 3 rings (SSSR count). The number of hydrogen-bond acceptors (Lipinski definition) is 5. The van der Waals surface area contributed by atoms with Gasteiger partial charge in [-0.2, -0.15) is 0 Å². The molecule has 0 spiro atoms. The van der Waals surface area contributed by atoms with E-state index in [1.54, 1.807) is 28.8 Å². The second kappa shape index (κ2) is 6.29. The molecular formula is C16H12N4O4. The van der Waals surface area contributed by atoms with Crippen LogP contribution >= 0.6 is 0 Å². The number of nitrogens with zero attached hydrogens (tertiary/aromatic N) is 4. The maximum Gasteiger partial charge on any atom is 0.335 e. The monoisotopic (exact) mass is 324 g/mol. The van der Waals surface area contributed by atoms with Gasteiger partial charge in [-0.15, -0.1) is 10.2 Å². The molecule has 2 heterocycles. The second-order valence-electron chi connectivity index (χ2n) is 4.93. The zero-order valence-corrected chi connectivity index (χ0v) is 12.3. The number of carboxylic acid groups (broad SMARTS) is 2. The van der Waals surface area contributed by atoms with Gasteiger partial charge in [-0.05, 0) is 36.4 Å². The number of aliphatic carboxylic acids is 1. The Hall–Kier alpha value is -3.55. The van der Waals surface area contributed by atoms with Crippen molar-refractivity contribution in [2.24, 2.45) is 10.2 Å². The first-order valence-electron chi connectivity index (χ1n) is 6.97. The Balaban J connectivity index is 1.98. The first-order valence-corrected chi connectivity index (χ1v) is 6.97. The average molecular weight is 324 g/mol. The zero-order chi connectivity index (χ0) is 17.1. The van der Waals surface area contributed by atoms with E-state index in [9.17, 15) is 9.59 Å². The van der Waals surface area contributed by atoms with Crippen LogP contribution in [0.25, 0.3) is 5.65 Å². The van der Waals surface area contributed by atoms with Gasteiger partial charge >= 0.3 is 11.9 Å². The minimum Gasteiger partial charge on any atom is -0.481 e. The molecule has 8 heteroatoms. The van der Waals surface area contributed by atoms with Crippen molar-refractivity contribution in [1.82, 2.24) is 9.38 Å². The lowest BCUT2D eigenvalue weighted by molar-refractivity contribution is -0.136. The van der Waals surface area contributed by atoms with Crippen molar-refractivity contribution < 1.29 is 19.8 Å². The molecule has 1 aromatic carbocycles. The van der Waals surface area contributed by atoms with Crippen molar-refractivity contribution in [2.75, 3.05) is 0 Å². The fourth-order valence-electron chi connectivity index (χ4n) is 2.18. The lowest BCUT2D eigenvalue weighted by Crippen LogP contribution is -2.00. The van der Waals surface area contributed by atoms with Gasteiger partial charge in [-0.1, -0.05) is 6.07 Å². The highest BCUT2D eigenvalue weighted by atomic mass is 16.4. The molecule has 0 aliphatic heterocycles. The first-order chi connectivity index (χ1) is 11.5. The fraction of sp³-hybridized carbons (Fsp3) is 0.0625. The lowest BCUT2D eigenvalue weighted by Gasteiger charge is -1.98. The molecule has 8 nitrogen and oxygen atoms in total. The highest BCUT2D eigenvalue weighted by molar-refractivity contribution is 5.87. The summed E-state index contributed by atoms with van der Waals surface area (Å²) in [4.78, 5) is 26.1. The second-order valence-corrected chi connectivity index (χ2v) is 4.93. The van der Waals surface area contributed by atoms with Crippen LogP contribution in [0.4, 0.5) is 11.5 Å². The summed E-state index contributed by atoms with van der Waals surface area (Å²) in [5.74, 6) is -1.71. The smallest absolute Gasteiger partial charge is 0.335 e. The third kappa shape index (κ3) is 3.12. The quantitative estimate of drug-likeness (QED) is 0.699. The van der Waals surface area contributed by atoms with E-state index >= 15 is 0 Å². The van der Waals surface area contributed by atoms with E-state index < -0.39 is 11.9 Å². The Kier molecular flexibility index (Phi) is 4.02. The number of carbonyl (C=O) groups is 2. The molecule has 2 aromatic heterocycles. The zero-order valence-electron chi connectivity index (χ0n) is 12.3. The number of carboxylic acids is 2. The number of rotatable bonds is 5. The normalized spacial score (nSPS) is 11.2. The van der Waals surface area contributed by atoms with Crippen LogP contribution in [-0.4, -0.2) is 31.5 Å². The van der Waals surface area contributed by atoms with Crippen LogP contribution in [0.2, 0.25) is 0 Å². The van der Waals surface area contributed by atoms with Crippen LogP contribution in [0.15, 0.2) is 58.9 Å². The summed E-state index contributed by atoms with van der Waals surface area (Å²) >= 11 is 0. The number of imidazole rings is 1. The van der Waals surface area contributed by atoms with Gasteiger partial charge in [0.15, 0.2) is 5.82 Å². The molecule has 0 unspecified atom stereocenters. The van der Waals surface area contributed by atoms with Gasteiger partial charge in [-0.3, -0.25) is 9.20 Å². The Morgan fingerprint density at radius 1 is 1.04 bits per heavy atom. The van der Waals surface area contributed by atoms with Crippen LogP contribution in [0.5, 0.6) is 0 Å². The molecule has 0 atom stereocenters. The van der Waals surface area contributed by atoms with Crippen LogP contribution in [0.1, 0.15) is 16.1 Å². The van der Waals surface area contributed by atoms with E-state index in [1.165, 1.54) is 24.3 Å². The van der Waals surface area contributed by atoms with Gasteiger partial charge in [0, 0.05) is 6.20 Å². The van der Waals surface area contributed by atoms with Crippen molar-refractivity contribution in [2.45, 2.75) is 6.42 Å². The van der Waals surface area contributed by atoms with Crippen LogP contribution in [-0.2, 0) is 11.2 Å². The molecule has 0 radical (unpaired) electrons. The molecule has 0 bridgehead atoms. The van der Waals surface area contributed by atoms with E-state index in [0.717, 1.165) is 0 Å². The number of aromatic carboxylic acids is 1. The molecule has 3 aromatic rings. The standard InChI is InChI=1S/C16H12N4O4/c21-14(22)9-12-15(20-8-2-1-3-13(20)17-12)19-18-11-6-4-10(5-7-11)16(23)24/h1-8H,9H2,(H,21,22)(H,23,24). The fourth-order valence-corrected chi connectivity index (χ4v) is 2.18. The number of benzene rings is 1. The van der Waals surface area contributed by atoms with Crippen LogP contribution in [0, 0.1) is 0 Å². The lowest BCUT2D eigenvalue weighted by atomic mass is 10.2. The van der Waals surface area contributed by atoms with Crippen molar-refractivity contribution in [3.63, 3.8) is 0 Å². The maximum atomic E-state index is 11.0. The van der Waals surface area contributed by atoms with Gasteiger partial charge in [0.1, 0.15) is 5.65 Å². The van der Waals surface area contributed by atoms with Crippen molar-refractivity contribution in [1.29, 1.82) is 0 Å². The maximum absolute atomic E-state index is 11.0. The predicted octanol–water partition coefficient (Wildman–Crippen LogP) is 3.08. The summed E-state index contributed by atoms with van der Waals surface area (Å²) < 4.78 is 1.65. The van der Waals surface area contributed by atoms with E-state index in [-0.39, 0.29) is 12.0 Å².